The molecule has 21 heavy (non-hydrogen) atoms. The lowest BCUT2D eigenvalue weighted by molar-refractivity contribution is -0.115. The standard InChI is InChI=1S/C15H20N2O3S/c1-11-9-13(21(16,19)20)7-8-14(11)17-15(18)10-12-5-3-2-4-6-12/h5,7-9H,2-4,6,10H2,1H3,(H,17,18)(H2,16,19,20). The van der Waals surface area contributed by atoms with Crippen LogP contribution in [0.4, 0.5) is 5.69 Å². The van der Waals surface area contributed by atoms with Gasteiger partial charge in [-0.25, -0.2) is 13.6 Å². The highest BCUT2D eigenvalue weighted by Crippen LogP contribution is 2.22. The number of anilines is 1. The maximum absolute atomic E-state index is 12.0. The number of aryl methyl sites for hydroxylation is 1. The molecule has 0 bridgehead atoms. The summed E-state index contributed by atoms with van der Waals surface area (Å²) in [5, 5.41) is 7.90. The zero-order chi connectivity index (χ0) is 15.5. The molecule has 3 N–H and O–H groups in total. The third kappa shape index (κ3) is 4.41. The van der Waals surface area contributed by atoms with Crippen molar-refractivity contribution in [1.82, 2.24) is 0 Å². The van der Waals surface area contributed by atoms with Gasteiger partial charge in [-0.3, -0.25) is 4.79 Å². The van der Waals surface area contributed by atoms with Crippen LogP contribution in [0.15, 0.2) is 34.7 Å². The van der Waals surface area contributed by atoms with Crippen molar-refractivity contribution in [2.75, 3.05) is 5.32 Å². The minimum Gasteiger partial charge on any atom is -0.326 e. The molecule has 0 radical (unpaired) electrons. The van der Waals surface area contributed by atoms with Gasteiger partial charge < -0.3 is 5.32 Å². The van der Waals surface area contributed by atoms with Crippen LogP contribution < -0.4 is 10.5 Å². The molecule has 1 amide bonds. The summed E-state index contributed by atoms with van der Waals surface area (Å²) in [6.07, 6.45) is 6.90. The molecular formula is C15H20N2O3S. The molecule has 0 unspecified atom stereocenters. The molecule has 0 spiro atoms. The molecule has 1 aliphatic carbocycles. The molecule has 5 nitrogen and oxygen atoms in total. The number of hydrogen-bond donors (Lipinski definition) is 2. The van der Waals surface area contributed by atoms with Crippen molar-refractivity contribution in [3.63, 3.8) is 0 Å². The maximum atomic E-state index is 12.0. The lowest BCUT2D eigenvalue weighted by atomic mass is 9.97. The van der Waals surface area contributed by atoms with Crippen LogP contribution in [-0.2, 0) is 14.8 Å². The molecule has 1 aromatic carbocycles. The van der Waals surface area contributed by atoms with Crippen molar-refractivity contribution < 1.29 is 13.2 Å². The molecule has 0 saturated heterocycles. The first-order valence-electron chi connectivity index (χ1n) is 6.97. The largest absolute Gasteiger partial charge is 0.326 e. The number of amides is 1. The summed E-state index contributed by atoms with van der Waals surface area (Å²) >= 11 is 0. The van der Waals surface area contributed by atoms with E-state index in [1.807, 2.05) is 0 Å². The molecule has 1 aromatic rings. The fourth-order valence-corrected chi connectivity index (χ4v) is 3.02. The minimum absolute atomic E-state index is 0.0491. The molecule has 0 saturated carbocycles. The monoisotopic (exact) mass is 308 g/mol. The fraction of sp³-hybridized carbons (Fsp3) is 0.400. The number of nitrogens with one attached hydrogen (secondary N) is 1. The van der Waals surface area contributed by atoms with E-state index in [1.165, 1.54) is 24.1 Å². The summed E-state index contributed by atoms with van der Waals surface area (Å²) < 4.78 is 22.5. The number of rotatable bonds is 4. The highest BCUT2D eigenvalue weighted by Gasteiger charge is 2.13. The van der Waals surface area contributed by atoms with E-state index in [9.17, 15) is 13.2 Å². The van der Waals surface area contributed by atoms with Gasteiger partial charge in [-0.2, -0.15) is 0 Å². The molecule has 0 fully saturated rings. The highest BCUT2D eigenvalue weighted by molar-refractivity contribution is 7.89. The van der Waals surface area contributed by atoms with Gasteiger partial charge in [0.25, 0.3) is 0 Å². The Kier molecular flexibility index (Phi) is 4.80. The molecular weight excluding hydrogens is 288 g/mol. The Morgan fingerprint density at radius 3 is 2.67 bits per heavy atom. The number of benzene rings is 1. The number of carbonyl (C=O) groups excluding carboxylic acids is 1. The van der Waals surface area contributed by atoms with Crippen molar-refractivity contribution in [2.45, 2.75) is 43.9 Å². The second-order valence-corrected chi connectivity index (χ2v) is 6.92. The van der Waals surface area contributed by atoms with E-state index in [0.29, 0.717) is 17.7 Å². The fourth-order valence-electron chi connectivity index (χ4n) is 2.42. The van der Waals surface area contributed by atoms with E-state index in [-0.39, 0.29) is 10.8 Å². The van der Waals surface area contributed by atoms with Crippen LogP contribution in [-0.4, -0.2) is 14.3 Å². The molecule has 2 rings (SSSR count). The van der Waals surface area contributed by atoms with Gasteiger partial charge in [0, 0.05) is 12.1 Å². The van der Waals surface area contributed by atoms with E-state index in [2.05, 4.69) is 11.4 Å². The van der Waals surface area contributed by atoms with Crippen LogP contribution in [0.1, 0.15) is 37.7 Å². The smallest absolute Gasteiger partial charge is 0.238 e. The van der Waals surface area contributed by atoms with E-state index in [0.717, 1.165) is 19.3 Å². The third-order valence-electron chi connectivity index (χ3n) is 3.57. The summed E-state index contributed by atoms with van der Waals surface area (Å²) in [6.45, 7) is 1.74. The Morgan fingerprint density at radius 1 is 1.33 bits per heavy atom. The maximum Gasteiger partial charge on any atom is 0.238 e. The van der Waals surface area contributed by atoms with Gasteiger partial charge in [-0.05, 0) is 56.4 Å². The zero-order valence-electron chi connectivity index (χ0n) is 12.1. The van der Waals surface area contributed by atoms with Gasteiger partial charge in [-0.15, -0.1) is 0 Å². The predicted octanol–water partition coefficient (Wildman–Crippen LogP) is 2.47. The predicted molar refractivity (Wildman–Crippen MR) is 82.3 cm³/mol. The first-order chi connectivity index (χ1) is 9.86. The van der Waals surface area contributed by atoms with Crippen molar-refractivity contribution in [3.8, 4) is 0 Å². The van der Waals surface area contributed by atoms with E-state index in [1.54, 1.807) is 13.0 Å². The molecule has 0 heterocycles. The van der Waals surface area contributed by atoms with Gasteiger partial charge in [-0.1, -0.05) is 11.6 Å². The van der Waals surface area contributed by atoms with E-state index >= 15 is 0 Å². The topological polar surface area (TPSA) is 89.3 Å². The average Bonchev–Trinajstić information content (AvgIpc) is 2.41. The normalized spacial score (nSPS) is 15.4. The van der Waals surface area contributed by atoms with Crippen LogP contribution >= 0.6 is 0 Å². The van der Waals surface area contributed by atoms with Gasteiger partial charge in [0.1, 0.15) is 0 Å². The molecule has 0 atom stereocenters. The number of hydrogen-bond acceptors (Lipinski definition) is 3. The zero-order valence-corrected chi connectivity index (χ0v) is 12.9. The average molecular weight is 308 g/mol. The third-order valence-corrected chi connectivity index (χ3v) is 4.48. The Bertz CT molecular complexity index is 678. The second kappa shape index (κ2) is 6.41. The number of carbonyl (C=O) groups is 1. The van der Waals surface area contributed by atoms with Gasteiger partial charge in [0.2, 0.25) is 15.9 Å². The first kappa shape index (κ1) is 15.7. The first-order valence-corrected chi connectivity index (χ1v) is 8.52. The number of primary sulfonamides is 1. The van der Waals surface area contributed by atoms with E-state index in [4.69, 9.17) is 5.14 Å². The molecule has 1 aliphatic rings. The molecule has 0 aliphatic heterocycles. The van der Waals surface area contributed by atoms with Crippen LogP contribution in [0.5, 0.6) is 0 Å². The SMILES string of the molecule is Cc1cc(S(N)(=O)=O)ccc1NC(=O)CC1=CCCCC1. The van der Waals surface area contributed by atoms with Crippen LogP contribution in [0.25, 0.3) is 0 Å². The molecule has 0 aromatic heterocycles. The van der Waals surface area contributed by atoms with E-state index < -0.39 is 10.0 Å². The van der Waals surface area contributed by atoms with Crippen LogP contribution in [0, 0.1) is 6.92 Å². The van der Waals surface area contributed by atoms with Crippen molar-refractivity contribution in [2.24, 2.45) is 5.14 Å². The minimum atomic E-state index is -3.72. The van der Waals surface area contributed by atoms with Gasteiger partial charge in [0.15, 0.2) is 0 Å². The molecule has 6 heteroatoms. The summed E-state index contributed by atoms with van der Waals surface area (Å²) in [6, 6.07) is 4.44. The summed E-state index contributed by atoms with van der Waals surface area (Å²) in [4.78, 5) is 12.1. The lowest BCUT2D eigenvalue weighted by Gasteiger charge is -2.13. The highest BCUT2D eigenvalue weighted by atomic mass is 32.2. The summed E-state index contributed by atoms with van der Waals surface area (Å²) in [5.74, 6) is -0.0744. The van der Waals surface area contributed by atoms with Gasteiger partial charge >= 0.3 is 0 Å². The van der Waals surface area contributed by atoms with Crippen molar-refractivity contribution >= 4 is 21.6 Å². The van der Waals surface area contributed by atoms with Gasteiger partial charge in [0.05, 0.1) is 4.90 Å². The number of sulfonamides is 1. The van der Waals surface area contributed by atoms with Crippen LogP contribution in [0.3, 0.4) is 0 Å². The Morgan fingerprint density at radius 2 is 2.10 bits per heavy atom. The molecule has 114 valence electrons. The summed E-state index contributed by atoms with van der Waals surface area (Å²) in [5.41, 5.74) is 2.47. The Labute approximate surface area is 125 Å². The van der Waals surface area contributed by atoms with Crippen LogP contribution in [0.2, 0.25) is 0 Å². The van der Waals surface area contributed by atoms with Crippen molar-refractivity contribution in [1.29, 1.82) is 0 Å². The Hall–Kier alpha value is -1.66. The number of nitrogens with two attached hydrogens (primary N) is 1. The number of allylic oxidation sites excluding steroid dienone is 1. The lowest BCUT2D eigenvalue weighted by Crippen LogP contribution is -2.15. The second-order valence-electron chi connectivity index (χ2n) is 5.35. The summed E-state index contributed by atoms with van der Waals surface area (Å²) in [7, 11) is -3.72. The quantitative estimate of drug-likeness (QED) is 0.837. The van der Waals surface area contributed by atoms with Crippen molar-refractivity contribution in [3.05, 3.63) is 35.4 Å². The Balaban J connectivity index is 2.06.